The van der Waals surface area contributed by atoms with Crippen molar-refractivity contribution < 1.29 is 8.42 Å². The number of fused-ring (bicyclic) bond motifs is 1. The van der Waals surface area contributed by atoms with Gasteiger partial charge in [-0.25, -0.2) is 13.4 Å². The third-order valence-electron chi connectivity index (χ3n) is 6.75. The van der Waals surface area contributed by atoms with Gasteiger partial charge in [-0.3, -0.25) is 4.31 Å². The predicted octanol–water partition coefficient (Wildman–Crippen LogP) is 3.29. The predicted molar refractivity (Wildman–Crippen MR) is 150 cm³/mol. The van der Waals surface area contributed by atoms with E-state index in [1.54, 1.807) is 18.3 Å². The number of nitriles is 1. The van der Waals surface area contributed by atoms with E-state index in [1.807, 2.05) is 35.0 Å². The van der Waals surface area contributed by atoms with Gasteiger partial charge in [-0.2, -0.15) is 10.2 Å². The fourth-order valence-corrected chi connectivity index (χ4v) is 5.29. The summed E-state index contributed by atoms with van der Waals surface area (Å²) in [4.78, 5) is 11.6. The first-order chi connectivity index (χ1) is 18.2. The summed E-state index contributed by atoms with van der Waals surface area (Å²) in [5, 5.41) is 17.2. The zero-order valence-electron chi connectivity index (χ0n) is 21.6. The molecule has 38 heavy (non-hydrogen) atoms. The smallest absolute Gasteiger partial charge is 0.232 e. The highest BCUT2D eigenvalue weighted by Gasteiger charge is 2.21. The van der Waals surface area contributed by atoms with Crippen LogP contribution in [0, 0.1) is 11.3 Å². The number of benzene rings is 2. The van der Waals surface area contributed by atoms with Crippen LogP contribution in [0.1, 0.15) is 18.1 Å². The van der Waals surface area contributed by atoms with Crippen LogP contribution in [0.25, 0.3) is 11.0 Å². The van der Waals surface area contributed by atoms with Gasteiger partial charge in [0.2, 0.25) is 16.0 Å². The summed E-state index contributed by atoms with van der Waals surface area (Å²) in [6.07, 6.45) is 4.76. The minimum atomic E-state index is -3.56. The molecule has 0 saturated carbocycles. The van der Waals surface area contributed by atoms with Crippen molar-refractivity contribution in [2.45, 2.75) is 19.5 Å². The van der Waals surface area contributed by atoms with Gasteiger partial charge in [-0.05, 0) is 48.9 Å². The summed E-state index contributed by atoms with van der Waals surface area (Å²) in [5.41, 5.74) is 4.12. The Morgan fingerprint density at radius 3 is 2.71 bits per heavy atom. The van der Waals surface area contributed by atoms with Crippen molar-refractivity contribution in [1.29, 1.82) is 5.26 Å². The van der Waals surface area contributed by atoms with Crippen LogP contribution in [0.3, 0.4) is 0 Å². The summed E-state index contributed by atoms with van der Waals surface area (Å²) in [7, 11) is -2.10. The van der Waals surface area contributed by atoms with Crippen molar-refractivity contribution >= 4 is 44.1 Å². The first-order valence-corrected chi connectivity index (χ1v) is 14.2. The van der Waals surface area contributed by atoms with Crippen LogP contribution in [-0.4, -0.2) is 61.9 Å². The van der Waals surface area contributed by atoms with Crippen molar-refractivity contribution in [2.75, 3.05) is 47.5 Å². The Labute approximate surface area is 222 Å². The molecule has 0 amide bonds. The molecule has 5 rings (SSSR count). The summed E-state index contributed by atoms with van der Waals surface area (Å²) >= 11 is 0. The highest BCUT2D eigenvalue weighted by molar-refractivity contribution is 7.92. The highest BCUT2D eigenvalue weighted by Crippen LogP contribution is 2.28. The van der Waals surface area contributed by atoms with Gasteiger partial charge >= 0.3 is 0 Å². The third kappa shape index (κ3) is 5.27. The number of rotatable bonds is 7. The topological polar surface area (TPSA) is 119 Å². The number of aromatic nitrogens is 3. The molecular formula is C27H30N8O2S. The molecule has 1 fully saturated rings. The molecule has 1 atom stereocenters. The second kappa shape index (κ2) is 10.3. The van der Waals surface area contributed by atoms with E-state index in [9.17, 15) is 13.7 Å². The van der Waals surface area contributed by atoms with Crippen LogP contribution in [-0.2, 0) is 16.6 Å². The molecule has 4 aromatic rings. The quantitative estimate of drug-likeness (QED) is 0.374. The lowest BCUT2D eigenvalue weighted by Crippen LogP contribution is -2.49. The Morgan fingerprint density at radius 2 is 2.00 bits per heavy atom. The van der Waals surface area contributed by atoms with Crippen LogP contribution in [0.2, 0.25) is 0 Å². The van der Waals surface area contributed by atoms with Crippen LogP contribution < -0.4 is 19.8 Å². The van der Waals surface area contributed by atoms with Gasteiger partial charge in [0, 0.05) is 61.9 Å². The first kappa shape index (κ1) is 25.5. The molecule has 1 aliphatic rings. The number of nitrogens with one attached hydrogen (secondary N) is 2. The van der Waals surface area contributed by atoms with Crippen LogP contribution >= 0.6 is 0 Å². The minimum absolute atomic E-state index is 0.294. The van der Waals surface area contributed by atoms with Crippen molar-refractivity contribution in [2.24, 2.45) is 0 Å². The van der Waals surface area contributed by atoms with Crippen molar-refractivity contribution in [1.82, 2.24) is 19.9 Å². The highest BCUT2D eigenvalue weighted by atomic mass is 32.2. The molecule has 0 aliphatic carbocycles. The molecule has 1 unspecified atom stereocenters. The molecule has 196 valence electrons. The fourth-order valence-electron chi connectivity index (χ4n) is 4.74. The van der Waals surface area contributed by atoms with E-state index in [1.165, 1.54) is 12.7 Å². The lowest BCUT2D eigenvalue weighted by Gasteiger charge is -2.33. The van der Waals surface area contributed by atoms with Crippen LogP contribution in [0.15, 0.2) is 60.9 Å². The average Bonchev–Trinajstić information content (AvgIpc) is 3.30. The van der Waals surface area contributed by atoms with Gasteiger partial charge in [0.1, 0.15) is 11.7 Å². The van der Waals surface area contributed by atoms with E-state index >= 15 is 0 Å². The van der Waals surface area contributed by atoms with Crippen LogP contribution in [0.5, 0.6) is 0 Å². The Morgan fingerprint density at radius 1 is 1.21 bits per heavy atom. The maximum Gasteiger partial charge on any atom is 0.232 e. The zero-order valence-corrected chi connectivity index (χ0v) is 22.4. The van der Waals surface area contributed by atoms with E-state index in [0.717, 1.165) is 41.3 Å². The van der Waals surface area contributed by atoms with E-state index in [0.29, 0.717) is 41.0 Å². The number of hydrogen-bond donors (Lipinski definition) is 2. The molecule has 0 spiro atoms. The standard InChI is InChI=1S/C27H30N8O2S/c1-19-17-34(14-12-29-19)24-9-7-23(8-10-24)31-27-30-16-21-11-13-35(26(21)32-27)18-22-6-4-5-20(15-28)25(22)33(2)38(3,36)37/h4-11,13,16,19,29H,12,14,17-18H2,1-3H3,(H,30,31,32). The van der Waals surface area contributed by atoms with Gasteiger partial charge < -0.3 is 20.1 Å². The first-order valence-electron chi connectivity index (χ1n) is 12.4. The molecule has 3 heterocycles. The van der Waals surface area contributed by atoms with E-state index in [-0.39, 0.29) is 0 Å². The molecule has 0 bridgehead atoms. The summed E-state index contributed by atoms with van der Waals surface area (Å²) < 4.78 is 27.6. The van der Waals surface area contributed by atoms with Gasteiger partial charge in [0.05, 0.1) is 24.1 Å². The number of hydrogen-bond acceptors (Lipinski definition) is 8. The molecule has 10 nitrogen and oxygen atoms in total. The Hall–Kier alpha value is -4.14. The molecule has 11 heteroatoms. The molecule has 1 aliphatic heterocycles. The third-order valence-corrected chi connectivity index (χ3v) is 7.93. The summed E-state index contributed by atoms with van der Waals surface area (Å²) in [5.74, 6) is 0.459. The molecule has 1 saturated heterocycles. The summed E-state index contributed by atoms with van der Waals surface area (Å²) in [6.45, 7) is 5.45. The van der Waals surface area contributed by atoms with Gasteiger partial charge in [0.15, 0.2) is 0 Å². The molecule has 0 radical (unpaired) electrons. The number of para-hydroxylation sites is 1. The summed E-state index contributed by atoms with van der Waals surface area (Å²) in [6, 6.07) is 17.9. The number of anilines is 4. The molecule has 2 aromatic carbocycles. The molecule has 2 aromatic heterocycles. The molecule has 2 N–H and O–H groups in total. The van der Waals surface area contributed by atoms with E-state index in [4.69, 9.17) is 4.98 Å². The second-order valence-corrected chi connectivity index (χ2v) is 11.6. The maximum absolute atomic E-state index is 12.3. The zero-order chi connectivity index (χ0) is 26.9. The lowest BCUT2D eigenvalue weighted by atomic mass is 10.1. The normalized spacial score (nSPS) is 15.8. The number of piperazine rings is 1. The van der Waals surface area contributed by atoms with Crippen molar-refractivity contribution in [3.63, 3.8) is 0 Å². The van der Waals surface area contributed by atoms with Crippen molar-refractivity contribution in [3.05, 3.63) is 72.1 Å². The van der Waals surface area contributed by atoms with Gasteiger partial charge in [0.25, 0.3) is 0 Å². The van der Waals surface area contributed by atoms with Gasteiger partial charge in [-0.1, -0.05) is 12.1 Å². The van der Waals surface area contributed by atoms with E-state index in [2.05, 4.69) is 45.6 Å². The largest absolute Gasteiger partial charge is 0.369 e. The number of nitrogens with zero attached hydrogens (tertiary/aromatic N) is 6. The Balaban J connectivity index is 1.40. The Kier molecular flexibility index (Phi) is 6.93. The SMILES string of the molecule is CC1CN(c2ccc(Nc3ncc4ccn(Cc5cccc(C#N)c5N(C)S(C)(=O)=O)c4n3)cc2)CCN1. The monoisotopic (exact) mass is 530 g/mol. The van der Waals surface area contributed by atoms with Crippen LogP contribution in [0.4, 0.5) is 23.0 Å². The maximum atomic E-state index is 12.3. The van der Waals surface area contributed by atoms with E-state index < -0.39 is 10.0 Å². The average molecular weight is 531 g/mol. The molecular weight excluding hydrogens is 500 g/mol. The van der Waals surface area contributed by atoms with Crippen molar-refractivity contribution in [3.8, 4) is 6.07 Å². The lowest BCUT2D eigenvalue weighted by molar-refractivity contribution is 0.485. The van der Waals surface area contributed by atoms with Gasteiger partial charge in [-0.15, -0.1) is 0 Å². The second-order valence-electron chi connectivity index (χ2n) is 9.54. The Bertz CT molecular complexity index is 1610. The minimum Gasteiger partial charge on any atom is -0.369 e. The fraction of sp³-hybridized carbons (Fsp3) is 0.296. The number of sulfonamides is 1.